The van der Waals surface area contributed by atoms with E-state index in [4.69, 9.17) is 4.42 Å². The van der Waals surface area contributed by atoms with Crippen LogP contribution in [0.3, 0.4) is 0 Å². The molecule has 0 saturated heterocycles. The molecule has 1 heterocycles. The van der Waals surface area contributed by atoms with Crippen molar-refractivity contribution in [2.24, 2.45) is 0 Å². The van der Waals surface area contributed by atoms with E-state index in [1.165, 1.54) is 18.4 Å². The van der Waals surface area contributed by atoms with Crippen molar-refractivity contribution in [3.63, 3.8) is 0 Å². The zero-order chi connectivity index (χ0) is 21.7. The maximum Gasteiger partial charge on any atom is 0.418 e. The number of carbonyl (C=O) groups excluding carboxylic acids is 2. The van der Waals surface area contributed by atoms with Crippen molar-refractivity contribution in [1.82, 2.24) is 5.32 Å². The van der Waals surface area contributed by atoms with Gasteiger partial charge in [-0.15, -0.1) is 0 Å². The molecule has 6 nitrogen and oxygen atoms in total. The fourth-order valence-electron chi connectivity index (χ4n) is 2.72. The Morgan fingerprint density at radius 3 is 2.30 bits per heavy atom. The largest absolute Gasteiger partial charge is 0.464 e. The molecule has 0 aliphatic rings. The molecule has 30 heavy (non-hydrogen) atoms. The summed E-state index contributed by atoms with van der Waals surface area (Å²) in [5.74, 6) is -1.79. The van der Waals surface area contributed by atoms with Crippen molar-refractivity contribution < 1.29 is 32.3 Å². The Kier molecular flexibility index (Phi) is 6.22. The maximum atomic E-state index is 13.0. The number of hydrogen-bond donors (Lipinski definition) is 3. The molecule has 0 bridgehead atoms. The van der Waals surface area contributed by atoms with Crippen LogP contribution in [0.2, 0.25) is 0 Å². The van der Waals surface area contributed by atoms with E-state index in [-0.39, 0.29) is 6.54 Å². The minimum atomic E-state index is -4.68. The van der Waals surface area contributed by atoms with E-state index in [2.05, 4.69) is 5.32 Å². The molecular formula is C21H17F3N2O4. The van der Waals surface area contributed by atoms with Gasteiger partial charge in [0.1, 0.15) is 5.76 Å². The zero-order valence-electron chi connectivity index (χ0n) is 15.4. The Hall–Kier alpha value is -3.59. The van der Waals surface area contributed by atoms with Crippen LogP contribution in [0.5, 0.6) is 0 Å². The number of carbonyl (C=O) groups is 2. The van der Waals surface area contributed by atoms with Gasteiger partial charge in [-0.25, -0.2) is 0 Å². The van der Waals surface area contributed by atoms with Crippen LogP contribution in [0, 0.1) is 0 Å². The first-order chi connectivity index (χ1) is 14.3. The van der Waals surface area contributed by atoms with Crippen LogP contribution in [0.1, 0.15) is 17.2 Å². The summed E-state index contributed by atoms with van der Waals surface area (Å²) < 4.78 is 44.2. The third-order valence-corrected chi connectivity index (χ3v) is 4.24. The number of hydrogen-bond acceptors (Lipinski definition) is 4. The number of nitrogens with one attached hydrogen (secondary N) is 2. The molecule has 0 radical (unpaired) electrons. The molecule has 0 unspecified atom stereocenters. The highest BCUT2D eigenvalue weighted by Gasteiger charge is 2.34. The second kappa shape index (κ2) is 8.83. The topological polar surface area (TPSA) is 91.6 Å². The van der Waals surface area contributed by atoms with Crippen LogP contribution in [0.25, 0.3) is 11.3 Å². The highest BCUT2D eigenvalue weighted by Crippen LogP contribution is 2.34. The first-order valence-electron chi connectivity index (χ1n) is 8.83. The monoisotopic (exact) mass is 418 g/mol. The molecule has 0 aliphatic carbocycles. The molecule has 1 atom stereocenters. The van der Waals surface area contributed by atoms with E-state index >= 15 is 0 Å². The molecule has 2 amide bonds. The van der Waals surface area contributed by atoms with Crippen LogP contribution < -0.4 is 10.6 Å². The Balaban J connectivity index is 1.57. The number of anilines is 1. The summed E-state index contributed by atoms with van der Waals surface area (Å²) in [4.78, 5) is 23.9. The van der Waals surface area contributed by atoms with Crippen LogP contribution in [0.15, 0.2) is 71.3 Å². The van der Waals surface area contributed by atoms with Gasteiger partial charge in [-0.05, 0) is 29.8 Å². The highest BCUT2D eigenvalue weighted by atomic mass is 19.4. The van der Waals surface area contributed by atoms with Crippen molar-refractivity contribution >= 4 is 17.5 Å². The Morgan fingerprint density at radius 1 is 0.967 bits per heavy atom. The summed E-state index contributed by atoms with van der Waals surface area (Å²) in [7, 11) is 0. The molecule has 1 aromatic heterocycles. The molecule has 156 valence electrons. The Labute approximate surface area is 169 Å². The zero-order valence-corrected chi connectivity index (χ0v) is 15.4. The second-order valence-corrected chi connectivity index (χ2v) is 6.32. The molecule has 9 heteroatoms. The molecule has 0 fully saturated rings. The third kappa shape index (κ3) is 5.06. The van der Waals surface area contributed by atoms with Gasteiger partial charge in [0.15, 0.2) is 0 Å². The standard InChI is InChI=1S/C21H17F3N2O4/c22-21(23,24)15-4-1-2-5-16(15)26-20(29)19(28)25-12-17(27)13-7-9-14(10-8-13)18-6-3-11-30-18/h1-11,17,27H,12H2,(H,25,28)(H,26,29)/t17-/m0/s1. The third-order valence-electron chi connectivity index (χ3n) is 4.24. The normalized spacial score (nSPS) is 12.3. The molecule has 3 rings (SSSR count). The average Bonchev–Trinajstić information content (AvgIpc) is 3.26. The molecule has 2 aromatic carbocycles. The Morgan fingerprint density at radius 2 is 1.67 bits per heavy atom. The first-order valence-corrected chi connectivity index (χ1v) is 8.83. The van der Waals surface area contributed by atoms with Gasteiger partial charge in [0.25, 0.3) is 0 Å². The van der Waals surface area contributed by atoms with Crippen molar-refractivity contribution in [3.8, 4) is 11.3 Å². The van der Waals surface area contributed by atoms with Crippen molar-refractivity contribution in [1.29, 1.82) is 0 Å². The molecule has 0 aliphatic heterocycles. The molecule has 3 N–H and O–H groups in total. The lowest BCUT2D eigenvalue weighted by molar-refractivity contribution is -0.138. The van der Waals surface area contributed by atoms with E-state index in [9.17, 15) is 27.9 Å². The number of aliphatic hydroxyl groups excluding tert-OH is 1. The van der Waals surface area contributed by atoms with Crippen LogP contribution in [-0.2, 0) is 15.8 Å². The van der Waals surface area contributed by atoms with E-state index in [0.717, 1.165) is 17.7 Å². The predicted octanol–water partition coefficient (Wildman–Crippen LogP) is 3.75. The van der Waals surface area contributed by atoms with Gasteiger partial charge in [-0.3, -0.25) is 9.59 Å². The molecule has 3 aromatic rings. The quantitative estimate of drug-likeness (QED) is 0.551. The lowest BCUT2D eigenvalue weighted by atomic mass is 10.1. The van der Waals surface area contributed by atoms with E-state index in [1.54, 1.807) is 36.4 Å². The van der Waals surface area contributed by atoms with Gasteiger partial charge in [-0.1, -0.05) is 36.4 Å². The summed E-state index contributed by atoms with van der Waals surface area (Å²) in [6.07, 6.45) is -4.26. The summed E-state index contributed by atoms with van der Waals surface area (Å²) in [6.45, 7) is -0.298. The second-order valence-electron chi connectivity index (χ2n) is 6.32. The van der Waals surface area contributed by atoms with Gasteiger partial charge >= 0.3 is 18.0 Å². The smallest absolute Gasteiger partial charge is 0.418 e. The maximum absolute atomic E-state index is 13.0. The predicted molar refractivity (Wildman–Crippen MR) is 102 cm³/mol. The van der Waals surface area contributed by atoms with Gasteiger partial charge in [0, 0.05) is 12.1 Å². The lowest BCUT2D eigenvalue weighted by Crippen LogP contribution is -2.38. The van der Waals surface area contributed by atoms with Crippen LogP contribution in [0.4, 0.5) is 18.9 Å². The summed E-state index contributed by atoms with van der Waals surface area (Å²) in [6, 6.07) is 14.5. The number of aliphatic hydroxyl groups is 1. The minimum Gasteiger partial charge on any atom is -0.464 e. The summed E-state index contributed by atoms with van der Waals surface area (Å²) >= 11 is 0. The van der Waals surface area contributed by atoms with Crippen molar-refractivity contribution in [2.75, 3.05) is 11.9 Å². The molecular weight excluding hydrogens is 401 g/mol. The lowest BCUT2D eigenvalue weighted by Gasteiger charge is -2.14. The summed E-state index contributed by atoms with van der Waals surface area (Å²) in [5.41, 5.74) is -0.321. The van der Waals surface area contributed by atoms with Gasteiger partial charge in [-0.2, -0.15) is 13.2 Å². The number of halogens is 3. The average molecular weight is 418 g/mol. The van der Waals surface area contributed by atoms with Gasteiger partial charge in [0.05, 0.1) is 23.6 Å². The van der Waals surface area contributed by atoms with Gasteiger partial charge < -0.3 is 20.2 Å². The highest BCUT2D eigenvalue weighted by molar-refractivity contribution is 6.39. The summed E-state index contributed by atoms with van der Waals surface area (Å²) in [5, 5.41) is 14.3. The number of alkyl halides is 3. The van der Waals surface area contributed by atoms with Crippen LogP contribution in [-0.4, -0.2) is 23.5 Å². The number of furan rings is 1. The number of benzene rings is 2. The number of rotatable bonds is 5. The van der Waals surface area contributed by atoms with Crippen molar-refractivity contribution in [3.05, 3.63) is 78.1 Å². The Bertz CT molecular complexity index is 1020. The van der Waals surface area contributed by atoms with Crippen molar-refractivity contribution in [2.45, 2.75) is 12.3 Å². The first kappa shape index (κ1) is 21.1. The van der Waals surface area contributed by atoms with Crippen LogP contribution >= 0.6 is 0 Å². The fourth-order valence-corrected chi connectivity index (χ4v) is 2.72. The fraction of sp³-hybridized carbons (Fsp3) is 0.143. The SMILES string of the molecule is O=C(NC[C@H](O)c1ccc(-c2ccco2)cc1)C(=O)Nc1ccccc1C(F)(F)F. The van der Waals surface area contributed by atoms with E-state index < -0.39 is 35.3 Å². The molecule has 0 saturated carbocycles. The van der Waals surface area contributed by atoms with Gasteiger partial charge in [0.2, 0.25) is 0 Å². The number of para-hydroxylation sites is 1. The number of amides is 2. The van der Waals surface area contributed by atoms with E-state index in [0.29, 0.717) is 11.3 Å². The van der Waals surface area contributed by atoms with E-state index in [1.807, 2.05) is 5.32 Å². The minimum absolute atomic E-state index is 0.298. The molecule has 0 spiro atoms.